The van der Waals surface area contributed by atoms with Crippen molar-refractivity contribution in [3.05, 3.63) is 23.3 Å². The van der Waals surface area contributed by atoms with Gasteiger partial charge in [-0.05, 0) is 6.07 Å². The van der Waals surface area contributed by atoms with E-state index in [4.69, 9.17) is 10.00 Å². The Morgan fingerprint density at radius 2 is 2.29 bits per heavy atom. The Kier molecular flexibility index (Phi) is 1.86. The Morgan fingerprint density at radius 1 is 1.50 bits per heavy atom. The second-order valence-electron chi connectivity index (χ2n) is 3.00. The second kappa shape index (κ2) is 3.04. The van der Waals surface area contributed by atoms with E-state index < -0.39 is 0 Å². The largest absolute Gasteiger partial charge is 0.508 e. The SMILES string of the molecule is N#Cc1cc(O)cc2c1C(=O)CCO2. The van der Waals surface area contributed by atoms with E-state index in [1.54, 1.807) is 0 Å². The summed E-state index contributed by atoms with van der Waals surface area (Å²) in [5.41, 5.74) is 0.459. The van der Waals surface area contributed by atoms with Gasteiger partial charge in [-0.25, -0.2) is 0 Å². The van der Waals surface area contributed by atoms with Crippen molar-refractivity contribution in [1.82, 2.24) is 0 Å². The van der Waals surface area contributed by atoms with Gasteiger partial charge in [0.1, 0.15) is 17.6 Å². The Labute approximate surface area is 80.3 Å². The molecule has 1 aromatic carbocycles. The number of aromatic hydroxyl groups is 1. The number of carbonyl (C=O) groups excluding carboxylic acids is 1. The number of phenols is 1. The maximum absolute atomic E-state index is 11.5. The highest BCUT2D eigenvalue weighted by molar-refractivity contribution is 6.02. The van der Waals surface area contributed by atoms with Gasteiger partial charge >= 0.3 is 0 Å². The van der Waals surface area contributed by atoms with E-state index in [9.17, 15) is 9.90 Å². The lowest BCUT2D eigenvalue weighted by Gasteiger charge is -2.17. The van der Waals surface area contributed by atoms with Crippen molar-refractivity contribution in [2.24, 2.45) is 0 Å². The van der Waals surface area contributed by atoms with Gasteiger partial charge in [0.25, 0.3) is 0 Å². The van der Waals surface area contributed by atoms with Crippen LogP contribution in [0, 0.1) is 11.3 Å². The van der Waals surface area contributed by atoms with Crippen molar-refractivity contribution in [3.8, 4) is 17.6 Å². The maximum Gasteiger partial charge on any atom is 0.171 e. The standard InChI is InChI=1S/C10H7NO3/c11-5-6-3-7(12)4-9-10(6)8(13)1-2-14-9/h3-4,12H,1-2H2. The average molecular weight is 189 g/mol. The highest BCUT2D eigenvalue weighted by Gasteiger charge is 2.22. The molecule has 0 radical (unpaired) electrons. The van der Waals surface area contributed by atoms with Crippen molar-refractivity contribution >= 4 is 5.78 Å². The summed E-state index contributed by atoms with van der Waals surface area (Å²) in [6, 6.07) is 4.49. The van der Waals surface area contributed by atoms with Gasteiger partial charge < -0.3 is 9.84 Å². The molecule has 0 aromatic heterocycles. The van der Waals surface area contributed by atoms with Gasteiger partial charge in [0.05, 0.1) is 17.7 Å². The molecule has 4 nitrogen and oxygen atoms in total. The van der Waals surface area contributed by atoms with E-state index in [0.717, 1.165) is 0 Å². The number of ketones is 1. The Morgan fingerprint density at radius 3 is 3.00 bits per heavy atom. The molecule has 0 unspecified atom stereocenters. The number of Topliss-reactive ketones (excluding diaryl/α,β-unsaturated/α-hetero) is 1. The van der Waals surface area contributed by atoms with E-state index in [0.29, 0.717) is 12.4 Å². The number of nitriles is 1. The molecule has 1 heterocycles. The number of fused-ring (bicyclic) bond motifs is 1. The van der Waals surface area contributed by atoms with Gasteiger partial charge in [0.15, 0.2) is 5.78 Å². The molecule has 70 valence electrons. The summed E-state index contributed by atoms with van der Waals surface area (Å²) in [5, 5.41) is 18.0. The lowest BCUT2D eigenvalue weighted by molar-refractivity contribution is 0.0933. The lowest BCUT2D eigenvalue weighted by Crippen LogP contribution is -2.16. The zero-order chi connectivity index (χ0) is 10.1. The smallest absolute Gasteiger partial charge is 0.171 e. The minimum absolute atomic E-state index is 0.0602. The van der Waals surface area contributed by atoms with E-state index in [-0.39, 0.29) is 29.1 Å². The Hall–Kier alpha value is -2.02. The van der Waals surface area contributed by atoms with Gasteiger partial charge in [-0.3, -0.25) is 4.79 Å². The number of ether oxygens (including phenoxy) is 1. The zero-order valence-corrected chi connectivity index (χ0v) is 7.28. The molecule has 0 fully saturated rings. The molecule has 0 aliphatic carbocycles. The first-order valence-electron chi connectivity index (χ1n) is 4.15. The van der Waals surface area contributed by atoms with Gasteiger partial charge in [-0.1, -0.05) is 0 Å². The van der Waals surface area contributed by atoms with Crippen LogP contribution in [0.3, 0.4) is 0 Å². The molecule has 0 amide bonds. The lowest BCUT2D eigenvalue weighted by atomic mass is 9.99. The van der Waals surface area contributed by atoms with Crippen LogP contribution in [0.25, 0.3) is 0 Å². The third-order valence-corrected chi connectivity index (χ3v) is 2.07. The number of carbonyl (C=O) groups is 1. The summed E-state index contributed by atoms with van der Waals surface area (Å²) in [4.78, 5) is 11.5. The minimum Gasteiger partial charge on any atom is -0.508 e. The van der Waals surface area contributed by atoms with E-state index in [2.05, 4.69) is 0 Å². The van der Waals surface area contributed by atoms with E-state index in [1.807, 2.05) is 6.07 Å². The summed E-state index contributed by atoms with van der Waals surface area (Å²) in [7, 11) is 0. The molecule has 0 spiro atoms. The van der Waals surface area contributed by atoms with Crippen molar-refractivity contribution in [2.45, 2.75) is 6.42 Å². The molecule has 0 atom stereocenters. The molecular weight excluding hydrogens is 182 g/mol. The average Bonchev–Trinajstić information content (AvgIpc) is 2.16. The quantitative estimate of drug-likeness (QED) is 0.666. The van der Waals surface area contributed by atoms with Crippen LogP contribution in [0.1, 0.15) is 22.3 Å². The number of hydrogen-bond acceptors (Lipinski definition) is 4. The molecule has 1 aliphatic rings. The molecule has 1 N–H and O–H groups in total. The van der Waals surface area contributed by atoms with Crippen LogP contribution in [0.15, 0.2) is 12.1 Å². The number of rotatable bonds is 0. The maximum atomic E-state index is 11.5. The van der Waals surface area contributed by atoms with Gasteiger partial charge in [-0.2, -0.15) is 5.26 Å². The summed E-state index contributed by atoms with van der Waals surface area (Å²) in [5.74, 6) is 0.135. The van der Waals surface area contributed by atoms with Gasteiger partial charge in [-0.15, -0.1) is 0 Å². The number of hydrogen-bond donors (Lipinski definition) is 1. The number of nitrogens with zero attached hydrogens (tertiary/aromatic N) is 1. The molecule has 0 bridgehead atoms. The van der Waals surface area contributed by atoms with Gasteiger partial charge in [0, 0.05) is 12.5 Å². The number of phenolic OH excluding ortho intramolecular Hbond substituents is 1. The van der Waals surface area contributed by atoms with Gasteiger partial charge in [0.2, 0.25) is 0 Å². The Balaban J connectivity index is 2.69. The Bertz CT molecular complexity index is 445. The fraction of sp³-hybridized carbons (Fsp3) is 0.200. The summed E-state index contributed by atoms with van der Waals surface area (Å²) in [6.45, 7) is 0.306. The highest BCUT2D eigenvalue weighted by Crippen LogP contribution is 2.31. The fourth-order valence-electron chi connectivity index (χ4n) is 1.47. The van der Waals surface area contributed by atoms with Crippen molar-refractivity contribution in [3.63, 3.8) is 0 Å². The predicted octanol–water partition coefficient (Wildman–Crippen LogP) is 1.23. The van der Waals surface area contributed by atoms with Crippen LogP contribution in [-0.4, -0.2) is 17.5 Å². The fourth-order valence-corrected chi connectivity index (χ4v) is 1.47. The van der Waals surface area contributed by atoms with Crippen molar-refractivity contribution in [2.75, 3.05) is 6.61 Å². The van der Waals surface area contributed by atoms with E-state index in [1.165, 1.54) is 12.1 Å². The number of benzene rings is 1. The summed E-state index contributed by atoms with van der Waals surface area (Å²) >= 11 is 0. The molecule has 0 saturated heterocycles. The van der Waals surface area contributed by atoms with E-state index >= 15 is 0 Å². The molecule has 0 saturated carbocycles. The summed E-state index contributed by atoms with van der Waals surface area (Å²) in [6.07, 6.45) is 0.284. The third kappa shape index (κ3) is 1.19. The van der Waals surface area contributed by atoms with Crippen LogP contribution >= 0.6 is 0 Å². The monoisotopic (exact) mass is 189 g/mol. The molecular formula is C10H7NO3. The molecule has 14 heavy (non-hydrogen) atoms. The molecule has 1 aromatic rings. The van der Waals surface area contributed by atoms with Crippen LogP contribution in [0.4, 0.5) is 0 Å². The molecule has 2 rings (SSSR count). The highest BCUT2D eigenvalue weighted by atomic mass is 16.5. The molecule has 1 aliphatic heterocycles. The third-order valence-electron chi connectivity index (χ3n) is 2.07. The first-order chi connectivity index (χ1) is 6.72. The van der Waals surface area contributed by atoms with Crippen LogP contribution < -0.4 is 4.74 Å². The van der Waals surface area contributed by atoms with Crippen LogP contribution in [-0.2, 0) is 0 Å². The summed E-state index contributed by atoms with van der Waals surface area (Å²) < 4.78 is 5.19. The first kappa shape index (κ1) is 8.57. The first-order valence-corrected chi connectivity index (χ1v) is 4.15. The minimum atomic E-state index is -0.109. The molecule has 4 heteroatoms. The van der Waals surface area contributed by atoms with Crippen molar-refractivity contribution < 1.29 is 14.6 Å². The normalized spacial score (nSPS) is 14.1. The second-order valence-corrected chi connectivity index (χ2v) is 3.00. The van der Waals surface area contributed by atoms with Crippen LogP contribution in [0.2, 0.25) is 0 Å². The zero-order valence-electron chi connectivity index (χ0n) is 7.28. The van der Waals surface area contributed by atoms with Crippen LogP contribution in [0.5, 0.6) is 11.5 Å². The predicted molar refractivity (Wildman–Crippen MR) is 47.3 cm³/mol. The topological polar surface area (TPSA) is 70.3 Å². The van der Waals surface area contributed by atoms with Crippen molar-refractivity contribution in [1.29, 1.82) is 5.26 Å².